The largest absolute Gasteiger partial charge is 0.103 e. The Balaban J connectivity index is 3.64. The highest BCUT2D eigenvalue weighted by Gasteiger charge is 2.08. The van der Waals surface area contributed by atoms with E-state index in [1.807, 2.05) is 0 Å². The first kappa shape index (κ1) is 29.5. The third kappa shape index (κ3) is 23.8. The molecule has 0 aromatic rings. The van der Waals surface area contributed by atoms with Crippen molar-refractivity contribution < 1.29 is 0 Å². The lowest BCUT2D eigenvalue weighted by Gasteiger charge is -2.17. The number of allylic oxidation sites excluding steroid dienone is 2. The molecule has 0 spiro atoms. The molecule has 0 aromatic heterocycles. The van der Waals surface area contributed by atoms with E-state index in [1.165, 1.54) is 153 Å². The van der Waals surface area contributed by atoms with Crippen LogP contribution >= 0.6 is 0 Å². The predicted molar refractivity (Wildman–Crippen MR) is 140 cm³/mol. The minimum atomic E-state index is 1.00. The summed E-state index contributed by atoms with van der Waals surface area (Å²) < 4.78 is 0. The Morgan fingerprint density at radius 1 is 0.600 bits per heavy atom. The van der Waals surface area contributed by atoms with Crippen LogP contribution in [0.25, 0.3) is 0 Å². The van der Waals surface area contributed by atoms with Gasteiger partial charge >= 0.3 is 0 Å². The first-order valence-electron chi connectivity index (χ1n) is 14.0. The second-order valence-electron chi connectivity index (χ2n) is 10.0. The van der Waals surface area contributed by atoms with E-state index in [0.717, 1.165) is 5.92 Å². The van der Waals surface area contributed by atoms with Crippen molar-refractivity contribution in [3.63, 3.8) is 0 Å². The molecule has 30 heavy (non-hydrogen) atoms. The molecule has 0 nitrogen and oxygen atoms in total. The summed E-state index contributed by atoms with van der Waals surface area (Å²) in [7, 11) is 0. The van der Waals surface area contributed by atoms with Crippen LogP contribution in [-0.4, -0.2) is 0 Å². The van der Waals surface area contributed by atoms with E-state index in [0.29, 0.717) is 0 Å². The van der Waals surface area contributed by atoms with Crippen molar-refractivity contribution in [3.8, 4) is 0 Å². The van der Waals surface area contributed by atoms with Crippen LogP contribution < -0.4 is 0 Å². The Morgan fingerprint density at radius 3 is 1.43 bits per heavy atom. The molecule has 0 bridgehead atoms. The molecule has 0 heteroatoms. The molecule has 0 aliphatic heterocycles. The van der Waals surface area contributed by atoms with Gasteiger partial charge in [0.1, 0.15) is 0 Å². The van der Waals surface area contributed by atoms with Crippen molar-refractivity contribution in [1.82, 2.24) is 0 Å². The van der Waals surface area contributed by atoms with Gasteiger partial charge in [0, 0.05) is 0 Å². The predicted octanol–water partition coefficient (Wildman–Crippen LogP) is 11.4. The fourth-order valence-electron chi connectivity index (χ4n) is 4.64. The fraction of sp³-hybridized carbons (Fsp3) is 0.867. The summed E-state index contributed by atoms with van der Waals surface area (Å²) in [6, 6.07) is 0. The molecule has 178 valence electrons. The van der Waals surface area contributed by atoms with Gasteiger partial charge in [-0.2, -0.15) is 0 Å². The monoisotopic (exact) mass is 418 g/mol. The second-order valence-corrected chi connectivity index (χ2v) is 10.0. The van der Waals surface area contributed by atoms with Gasteiger partial charge in [0.05, 0.1) is 0 Å². The highest BCUT2D eigenvalue weighted by atomic mass is 14.1. The van der Waals surface area contributed by atoms with Crippen LogP contribution in [0, 0.1) is 5.92 Å². The Hall–Kier alpha value is -0.520. The standard InChI is InChI=1S/C30H58/c1-5-7-9-11-19-23-27-30(26-22-10-8-6-2)28-24-20-17-15-13-12-14-16-18-21-25-29(3)4/h6,30H,2-3,5,7-28H2,1,4H3. The maximum absolute atomic E-state index is 4.00. The molecular weight excluding hydrogens is 360 g/mol. The van der Waals surface area contributed by atoms with E-state index in [9.17, 15) is 0 Å². The average Bonchev–Trinajstić information content (AvgIpc) is 2.73. The lowest BCUT2D eigenvalue weighted by Crippen LogP contribution is -2.01. The summed E-state index contributed by atoms with van der Waals surface area (Å²) in [5.74, 6) is 1.00. The van der Waals surface area contributed by atoms with E-state index in [2.05, 4.69) is 33.1 Å². The molecule has 0 radical (unpaired) electrons. The summed E-state index contributed by atoms with van der Waals surface area (Å²) in [5.41, 5.74) is 1.35. The third-order valence-electron chi connectivity index (χ3n) is 6.70. The van der Waals surface area contributed by atoms with Gasteiger partial charge < -0.3 is 0 Å². The van der Waals surface area contributed by atoms with E-state index >= 15 is 0 Å². The van der Waals surface area contributed by atoms with Crippen LogP contribution in [0.15, 0.2) is 24.8 Å². The Bertz CT molecular complexity index is 353. The molecule has 0 N–H and O–H groups in total. The van der Waals surface area contributed by atoms with Gasteiger partial charge in [-0.05, 0) is 38.5 Å². The van der Waals surface area contributed by atoms with Gasteiger partial charge in [0.15, 0.2) is 0 Å². The summed E-state index contributed by atoms with van der Waals surface area (Å²) in [6.45, 7) is 12.3. The molecule has 0 saturated carbocycles. The lowest BCUT2D eigenvalue weighted by atomic mass is 9.89. The van der Waals surface area contributed by atoms with E-state index in [-0.39, 0.29) is 0 Å². The molecule has 0 aliphatic carbocycles. The molecule has 0 saturated heterocycles. The summed E-state index contributed by atoms with van der Waals surface area (Å²) in [4.78, 5) is 0. The van der Waals surface area contributed by atoms with E-state index in [4.69, 9.17) is 0 Å². The van der Waals surface area contributed by atoms with Gasteiger partial charge in [0.25, 0.3) is 0 Å². The minimum absolute atomic E-state index is 1.00. The maximum Gasteiger partial charge on any atom is -0.0326 e. The van der Waals surface area contributed by atoms with Crippen LogP contribution in [0.5, 0.6) is 0 Å². The van der Waals surface area contributed by atoms with Crippen LogP contribution in [0.3, 0.4) is 0 Å². The molecule has 0 aromatic carbocycles. The van der Waals surface area contributed by atoms with Gasteiger partial charge in [-0.1, -0.05) is 141 Å². The third-order valence-corrected chi connectivity index (χ3v) is 6.70. The Morgan fingerprint density at radius 2 is 1.00 bits per heavy atom. The van der Waals surface area contributed by atoms with Crippen molar-refractivity contribution in [2.45, 2.75) is 162 Å². The average molecular weight is 419 g/mol. The van der Waals surface area contributed by atoms with Gasteiger partial charge in [-0.15, -0.1) is 13.2 Å². The molecule has 0 amide bonds. The SMILES string of the molecule is C=CCCCCC(CCCCCCCC)CCCCCCCCCCCCC(=C)C. The highest BCUT2D eigenvalue weighted by Crippen LogP contribution is 2.24. The molecule has 0 aliphatic rings. The number of rotatable bonds is 25. The molecule has 0 rings (SSSR count). The Labute approximate surface area is 192 Å². The molecule has 1 atom stereocenters. The molecule has 0 fully saturated rings. The molecule has 0 heterocycles. The summed E-state index contributed by atoms with van der Waals surface area (Å²) in [5, 5.41) is 0. The van der Waals surface area contributed by atoms with Crippen molar-refractivity contribution in [2.24, 2.45) is 5.92 Å². The first-order valence-corrected chi connectivity index (χ1v) is 14.0. The quantitative estimate of drug-likeness (QED) is 0.102. The minimum Gasteiger partial charge on any atom is -0.103 e. The summed E-state index contributed by atoms with van der Waals surface area (Å²) >= 11 is 0. The lowest BCUT2D eigenvalue weighted by molar-refractivity contribution is 0.368. The summed E-state index contributed by atoms with van der Waals surface area (Å²) in [6.07, 6.45) is 34.8. The van der Waals surface area contributed by atoms with Crippen molar-refractivity contribution >= 4 is 0 Å². The maximum atomic E-state index is 4.00. The van der Waals surface area contributed by atoms with E-state index < -0.39 is 0 Å². The van der Waals surface area contributed by atoms with E-state index in [1.54, 1.807) is 0 Å². The Kier molecular flexibility index (Phi) is 24.3. The molecular formula is C30H58. The number of hydrogen-bond acceptors (Lipinski definition) is 0. The topological polar surface area (TPSA) is 0 Å². The van der Waals surface area contributed by atoms with Crippen LogP contribution in [0.2, 0.25) is 0 Å². The highest BCUT2D eigenvalue weighted by molar-refractivity contribution is 4.86. The van der Waals surface area contributed by atoms with Crippen molar-refractivity contribution in [3.05, 3.63) is 24.8 Å². The van der Waals surface area contributed by atoms with Gasteiger partial charge in [0.2, 0.25) is 0 Å². The zero-order valence-corrected chi connectivity index (χ0v) is 21.3. The van der Waals surface area contributed by atoms with Gasteiger partial charge in [-0.3, -0.25) is 0 Å². The zero-order chi connectivity index (χ0) is 22.1. The smallest absolute Gasteiger partial charge is 0.0326 e. The van der Waals surface area contributed by atoms with Gasteiger partial charge in [-0.25, -0.2) is 0 Å². The first-order chi connectivity index (χ1) is 14.7. The van der Waals surface area contributed by atoms with Crippen molar-refractivity contribution in [2.75, 3.05) is 0 Å². The fourth-order valence-corrected chi connectivity index (χ4v) is 4.64. The second kappa shape index (κ2) is 24.7. The number of unbranched alkanes of at least 4 members (excludes halogenated alkanes) is 16. The van der Waals surface area contributed by atoms with Crippen molar-refractivity contribution in [1.29, 1.82) is 0 Å². The normalized spacial score (nSPS) is 12.2. The van der Waals surface area contributed by atoms with Crippen LogP contribution in [-0.2, 0) is 0 Å². The van der Waals surface area contributed by atoms with Crippen LogP contribution in [0.4, 0.5) is 0 Å². The number of hydrogen-bond donors (Lipinski definition) is 0. The molecule has 1 unspecified atom stereocenters. The zero-order valence-electron chi connectivity index (χ0n) is 21.3. The van der Waals surface area contributed by atoms with Crippen LogP contribution in [0.1, 0.15) is 162 Å².